The van der Waals surface area contributed by atoms with Crippen LogP contribution in [0.5, 0.6) is 5.75 Å². The number of esters is 1. The third kappa shape index (κ3) is 4.23. The number of methoxy groups -OCH3 is 2. The van der Waals surface area contributed by atoms with Crippen LogP contribution >= 0.6 is 0 Å². The third-order valence-corrected chi connectivity index (χ3v) is 4.14. The molecule has 1 aliphatic heterocycles. The average Bonchev–Trinajstić information content (AvgIpc) is 2.59. The Kier molecular flexibility index (Phi) is 5.81. The van der Waals surface area contributed by atoms with E-state index in [1.807, 2.05) is 29.2 Å². The highest BCUT2D eigenvalue weighted by atomic mass is 16.5. The van der Waals surface area contributed by atoms with Crippen LogP contribution in [0.3, 0.4) is 0 Å². The lowest BCUT2D eigenvalue weighted by Gasteiger charge is -2.30. The molecule has 0 aromatic heterocycles. The third-order valence-electron chi connectivity index (χ3n) is 4.14. The van der Waals surface area contributed by atoms with Crippen molar-refractivity contribution in [2.24, 2.45) is 5.92 Å². The van der Waals surface area contributed by atoms with Gasteiger partial charge in [0.25, 0.3) is 0 Å². The summed E-state index contributed by atoms with van der Waals surface area (Å²) in [6, 6.07) is 7.78. The largest absolute Gasteiger partial charge is 0.497 e. The molecule has 1 heterocycles. The first-order chi connectivity index (χ1) is 10.6. The molecule has 5 heteroatoms. The Bertz CT molecular complexity index is 521. The van der Waals surface area contributed by atoms with Crippen LogP contribution in [-0.4, -0.2) is 44.1 Å². The van der Waals surface area contributed by atoms with Crippen LogP contribution in [0.15, 0.2) is 24.3 Å². The Morgan fingerprint density at radius 3 is 2.59 bits per heavy atom. The summed E-state index contributed by atoms with van der Waals surface area (Å²) < 4.78 is 9.94. The van der Waals surface area contributed by atoms with Crippen molar-refractivity contribution in [3.8, 4) is 5.75 Å². The lowest BCUT2D eigenvalue weighted by atomic mass is 9.96. The second-order valence-electron chi connectivity index (χ2n) is 5.53. The summed E-state index contributed by atoms with van der Waals surface area (Å²) in [4.78, 5) is 25.6. The lowest BCUT2D eigenvalue weighted by Crippen LogP contribution is -2.40. The minimum absolute atomic E-state index is 0.0626. The maximum Gasteiger partial charge on any atom is 0.308 e. The Balaban J connectivity index is 1.79. The van der Waals surface area contributed by atoms with Crippen LogP contribution in [0.1, 0.15) is 24.8 Å². The number of hydrogen-bond acceptors (Lipinski definition) is 4. The molecule has 1 saturated heterocycles. The van der Waals surface area contributed by atoms with E-state index in [0.29, 0.717) is 38.8 Å². The highest BCUT2D eigenvalue weighted by molar-refractivity contribution is 5.77. The van der Waals surface area contributed by atoms with Crippen molar-refractivity contribution in [3.05, 3.63) is 29.8 Å². The van der Waals surface area contributed by atoms with Crippen LogP contribution in [-0.2, 0) is 20.7 Å². The number of aryl methyl sites for hydroxylation is 1. The molecule has 1 aromatic carbocycles. The minimum atomic E-state index is -0.163. The molecule has 0 bridgehead atoms. The molecular weight excluding hydrogens is 282 g/mol. The van der Waals surface area contributed by atoms with E-state index in [2.05, 4.69) is 0 Å². The number of rotatable bonds is 5. The lowest BCUT2D eigenvalue weighted by molar-refractivity contribution is -0.148. The SMILES string of the molecule is COC(=O)C1CCN(C(=O)CCc2cccc(OC)c2)CC1. The predicted octanol–water partition coefficient (Wildman–Crippen LogP) is 2.04. The van der Waals surface area contributed by atoms with Crippen molar-refractivity contribution >= 4 is 11.9 Å². The first kappa shape index (κ1) is 16.3. The van der Waals surface area contributed by atoms with E-state index in [0.717, 1.165) is 11.3 Å². The zero-order chi connectivity index (χ0) is 15.9. The number of carbonyl (C=O) groups excluding carboxylic acids is 2. The van der Waals surface area contributed by atoms with Gasteiger partial charge in [-0.05, 0) is 37.0 Å². The van der Waals surface area contributed by atoms with Gasteiger partial charge in [0, 0.05) is 19.5 Å². The fraction of sp³-hybridized carbons (Fsp3) is 0.529. The highest BCUT2D eigenvalue weighted by Crippen LogP contribution is 2.20. The van der Waals surface area contributed by atoms with Gasteiger partial charge >= 0.3 is 5.97 Å². The molecule has 0 spiro atoms. The predicted molar refractivity (Wildman–Crippen MR) is 82.6 cm³/mol. The molecule has 0 radical (unpaired) electrons. The van der Waals surface area contributed by atoms with Crippen LogP contribution in [0, 0.1) is 5.92 Å². The second-order valence-corrected chi connectivity index (χ2v) is 5.53. The maximum absolute atomic E-state index is 12.3. The Labute approximate surface area is 131 Å². The van der Waals surface area contributed by atoms with Crippen molar-refractivity contribution in [1.82, 2.24) is 4.90 Å². The summed E-state index contributed by atoms with van der Waals surface area (Å²) in [7, 11) is 3.05. The van der Waals surface area contributed by atoms with Gasteiger partial charge in [-0.1, -0.05) is 12.1 Å². The first-order valence-electron chi connectivity index (χ1n) is 7.62. The molecule has 1 aromatic rings. The smallest absolute Gasteiger partial charge is 0.308 e. The van der Waals surface area contributed by atoms with Gasteiger partial charge in [-0.2, -0.15) is 0 Å². The summed E-state index contributed by atoms with van der Waals surface area (Å²) in [6.07, 6.45) is 2.57. The summed E-state index contributed by atoms with van der Waals surface area (Å²) in [5.41, 5.74) is 1.09. The molecular formula is C17H23NO4. The Morgan fingerprint density at radius 1 is 1.23 bits per heavy atom. The van der Waals surface area contributed by atoms with Crippen LogP contribution in [0.25, 0.3) is 0 Å². The summed E-state index contributed by atoms with van der Waals surface area (Å²) >= 11 is 0. The fourth-order valence-electron chi connectivity index (χ4n) is 2.77. The number of likely N-dealkylation sites (tertiary alicyclic amines) is 1. The van der Waals surface area contributed by atoms with E-state index in [-0.39, 0.29) is 17.8 Å². The summed E-state index contributed by atoms with van der Waals surface area (Å²) in [5.74, 6) is 0.728. The fourth-order valence-corrected chi connectivity index (χ4v) is 2.77. The van der Waals surface area contributed by atoms with Gasteiger partial charge in [0.15, 0.2) is 0 Å². The molecule has 0 N–H and O–H groups in total. The molecule has 0 aliphatic carbocycles. The number of ether oxygens (including phenoxy) is 2. The first-order valence-corrected chi connectivity index (χ1v) is 7.62. The molecule has 0 unspecified atom stereocenters. The monoisotopic (exact) mass is 305 g/mol. The van der Waals surface area contributed by atoms with Crippen molar-refractivity contribution in [2.45, 2.75) is 25.7 Å². The van der Waals surface area contributed by atoms with Gasteiger partial charge in [-0.25, -0.2) is 0 Å². The number of piperidine rings is 1. The molecule has 120 valence electrons. The topological polar surface area (TPSA) is 55.8 Å². The standard InChI is InChI=1S/C17H23NO4/c1-21-15-5-3-4-13(12-15)6-7-16(19)18-10-8-14(9-11-18)17(20)22-2/h3-5,12,14H,6-11H2,1-2H3. The van der Waals surface area contributed by atoms with Gasteiger partial charge in [0.1, 0.15) is 5.75 Å². The van der Waals surface area contributed by atoms with Gasteiger partial charge in [0.2, 0.25) is 5.91 Å². The van der Waals surface area contributed by atoms with Gasteiger partial charge in [0.05, 0.1) is 20.1 Å². The molecule has 1 amide bonds. The van der Waals surface area contributed by atoms with E-state index in [1.54, 1.807) is 7.11 Å². The van der Waals surface area contributed by atoms with Crippen molar-refractivity contribution in [2.75, 3.05) is 27.3 Å². The zero-order valence-corrected chi connectivity index (χ0v) is 13.2. The van der Waals surface area contributed by atoms with Crippen LogP contribution in [0.4, 0.5) is 0 Å². The van der Waals surface area contributed by atoms with E-state index in [1.165, 1.54) is 7.11 Å². The van der Waals surface area contributed by atoms with Crippen LogP contribution < -0.4 is 4.74 Å². The number of hydrogen-bond donors (Lipinski definition) is 0. The minimum Gasteiger partial charge on any atom is -0.497 e. The van der Waals surface area contributed by atoms with Gasteiger partial charge in [-0.15, -0.1) is 0 Å². The molecule has 1 fully saturated rings. The molecule has 22 heavy (non-hydrogen) atoms. The molecule has 0 saturated carbocycles. The van der Waals surface area contributed by atoms with Gasteiger partial charge < -0.3 is 14.4 Å². The molecule has 1 aliphatic rings. The van der Waals surface area contributed by atoms with Crippen molar-refractivity contribution in [1.29, 1.82) is 0 Å². The number of amides is 1. The average molecular weight is 305 g/mol. The Morgan fingerprint density at radius 2 is 1.95 bits per heavy atom. The quantitative estimate of drug-likeness (QED) is 0.781. The summed E-state index contributed by atoms with van der Waals surface area (Å²) in [5, 5.41) is 0. The van der Waals surface area contributed by atoms with E-state index in [9.17, 15) is 9.59 Å². The normalized spacial score (nSPS) is 15.5. The zero-order valence-electron chi connectivity index (χ0n) is 13.2. The van der Waals surface area contributed by atoms with Crippen molar-refractivity contribution in [3.63, 3.8) is 0 Å². The number of nitrogens with zero attached hydrogens (tertiary/aromatic N) is 1. The van der Waals surface area contributed by atoms with E-state index in [4.69, 9.17) is 9.47 Å². The van der Waals surface area contributed by atoms with Crippen LogP contribution in [0.2, 0.25) is 0 Å². The summed E-state index contributed by atoms with van der Waals surface area (Å²) in [6.45, 7) is 1.27. The second kappa shape index (κ2) is 7.82. The number of carbonyl (C=O) groups is 2. The molecule has 5 nitrogen and oxygen atoms in total. The molecule has 2 rings (SSSR count). The number of benzene rings is 1. The Hall–Kier alpha value is -2.04. The van der Waals surface area contributed by atoms with E-state index < -0.39 is 0 Å². The highest BCUT2D eigenvalue weighted by Gasteiger charge is 2.27. The maximum atomic E-state index is 12.3. The van der Waals surface area contributed by atoms with Gasteiger partial charge in [-0.3, -0.25) is 9.59 Å². The molecule has 0 atom stereocenters. The van der Waals surface area contributed by atoms with E-state index >= 15 is 0 Å². The van der Waals surface area contributed by atoms with Crippen molar-refractivity contribution < 1.29 is 19.1 Å².